The fourth-order valence-electron chi connectivity index (χ4n) is 2.94. The summed E-state index contributed by atoms with van der Waals surface area (Å²) >= 11 is 0. The van der Waals surface area contributed by atoms with Crippen LogP contribution < -0.4 is 16.0 Å². The highest BCUT2D eigenvalue weighted by Crippen LogP contribution is 2.23. The van der Waals surface area contributed by atoms with Crippen LogP contribution in [0, 0.1) is 19.8 Å². The number of hydrogen-bond acceptors (Lipinski definition) is 4. The Labute approximate surface area is 120 Å². The number of primary amides is 1. The second kappa shape index (κ2) is 6.22. The van der Waals surface area contributed by atoms with Gasteiger partial charge in [-0.3, -0.25) is 4.79 Å². The molecule has 1 aromatic rings. The first-order chi connectivity index (χ1) is 9.49. The summed E-state index contributed by atoms with van der Waals surface area (Å²) in [5, 5.41) is 3.37. The number of anilines is 1. The van der Waals surface area contributed by atoms with Gasteiger partial charge in [0.1, 0.15) is 5.82 Å². The molecule has 20 heavy (non-hydrogen) atoms. The highest BCUT2D eigenvalue weighted by atomic mass is 16.1. The van der Waals surface area contributed by atoms with Crippen molar-refractivity contribution in [1.29, 1.82) is 0 Å². The second-order valence-electron chi connectivity index (χ2n) is 5.72. The maximum atomic E-state index is 11.7. The number of nitrogens with one attached hydrogen (secondary N) is 1. The number of piperidine rings is 1. The maximum Gasteiger partial charge on any atom is 0.252 e. The van der Waals surface area contributed by atoms with Crippen molar-refractivity contribution in [2.75, 3.05) is 31.6 Å². The van der Waals surface area contributed by atoms with Crippen molar-refractivity contribution in [2.24, 2.45) is 11.7 Å². The van der Waals surface area contributed by atoms with Gasteiger partial charge in [0.25, 0.3) is 5.91 Å². The fourth-order valence-corrected chi connectivity index (χ4v) is 2.94. The molecule has 5 heteroatoms. The Morgan fingerprint density at radius 1 is 1.45 bits per heavy atom. The van der Waals surface area contributed by atoms with E-state index in [1.165, 1.54) is 12.8 Å². The minimum Gasteiger partial charge on any atom is -0.365 e. The van der Waals surface area contributed by atoms with Crippen molar-refractivity contribution in [3.63, 3.8) is 0 Å². The van der Waals surface area contributed by atoms with Gasteiger partial charge in [-0.05, 0) is 57.3 Å². The van der Waals surface area contributed by atoms with Crippen LogP contribution in [0.2, 0.25) is 0 Å². The van der Waals surface area contributed by atoms with Crippen LogP contribution >= 0.6 is 0 Å². The molecule has 0 bridgehead atoms. The number of hydrogen-bond donors (Lipinski definition) is 2. The van der Waals surface area contributed by atoms with Crippen molar-refractivity contribution in [3.8, 4) is 0 Å². The predicted octanol–water partition coefficient (Wildman–Crippen LogP) is 1.23. The number of nitrogens with two attached hydrogens (primary N) is 1. The number of nitrogens with zero attached hydrogens (tertiary/aromatic N) is 2. The van der Waals surface area contributed by atoms with E-state index in [0.717, 1.165) is 30.9 Å². The molecular weight excluding hydrogens is 252 g/mol. The quantitative estimate of drug-likeness (QED) is 0.868. The standard InChI is InChI=1S/C15H24N4O/c1-10-8-11(2)18-15(13(10)14(16)20)19(3)9-12-4-6-17-7-5-12/h8,12,17H,4-7,9H2,1-3H3,(H2,16,20). The van der Waals surface area contributed by atoms with Gasteiger partial charge in [0.15, 0.2) is 0 Å². The molecule has 0 atom stereocenters. The van der Waals surface area contributed by atoms with Gasteiger partial charge in [-0.1, -0.05) is 0 Å². The summed E-state index contributed by atoms with van der Waals surface area (Å²) in [5.74, 6) is 0.959. The molecule has 2 heterocycles. The number of aryl methyl sites for hydroxylation is 2. The van der Waals surface area contributed by atoms with Crippen LogP contribution in [0.1, 0.15) is 34.5 Å². The zero-order valence-electron chi connectivity index (χ0n) is 12.6. The molecule has 0 spiro atoms. The molecule has 3 N–H and O–H groups in total. The van der Waals surface area contributed by atoms with Crippen molar-refractivity contribution in [3.05, 3.63) is 22.9 Å². The van der Waals surface area contributed by atoms with E-state index in [1.807, 2.05) is 27.0 Å². The van der Waals surface area contributed by atoms with Crippen LogP contribution in [-0.2, 0) is 0 Å². The summed E-state index contributed by atoms with van der Waals surface area (Å²) in [6.45, 7) is 6.91. The molecule has 1 fully saturated rings. The lowest BCUT2D eigenvalue weighted by Gasteiger charge is -2.29. The van der Waals surface area contributed by atoms with Crippen LogP contribution in [-0.4, -0.2) is 37.6 Å². The van der Waals surface area contributed by atoms with Crippen LogP contribution in [0.15, 0.2) is 6.07 Å². The normalized spacial score (nSPS) is 16.1. The lowest BCUT2D eigenvalue weighted by atomic mass is 9.97. The molecule has 1 saturated heterocycles. The Kier molecular flexibility index (Phi) is 4.60. The van der Waals surface area contributed by atoms with E-state index in [9.17, 15) is 4.79 Å². The average molecular weight is 276 g/mol. The topological polar surface area (TPSA) is 71.2 Å². The molecule has 1 amide bonds. The molecule has 0 saturated carbocycles. The van der Waals surface area contributed by atoms with E-state index in [2.05, 4.69) is 15.2 Å². The highest BCUT2D eigenvalue weighted by molar-refractivity contribution is 5.99. The van der Waals surface area contributed by atoms with Crippen molar-refractivity contribution in [1.82, 2.24) is 10.3 Å². The first kappa shape index (κ1) is 14.8. The molecular formula is C15H24N4O. The minimum absolute atomic E-state index is 0.401. The van der Waals surface area contributed by atoms with E-state index in [4.69, 9.17) is 5.73 Å². The molecule has 0 unspecified atom stereocenters. The molecule has 1 aromatic heterocycles. The van der Waals surface area contributed by atoms with Gasteiger partial charge in [0.2, 0.25) is 0 Å². The zero-order chi connectivity index (χ0) is 14.7. The van der Waals surface area contributed by atoms with Gasteiger partial charge < -0.3 is 16.0 Å². The van der Waals surface area contributed by atoms with Crippen LogP contribution in [0.4, 0.5) is 5.82 Å². The molecule has 1 aliphatic heterocycles. The number of pyridine rings is 1. The van der Waals surface area contributed by atoms with Gasteiger partial charge in [-0.2, -0.15) is 0 Å². The van der Waals surface area contributed by atoms with E-state index in [-0.39, 0.29) is 0 Å². The molecule has 2 rings (SSSR count). The fraction of sp³-hybridized carbons (Fsp3) is 0.600. The first-order valence-corrected chi connectivity index (χ1v) is 7.19. The largest absolute Gasteiger partial charge is 0.365 e. The monoisotopic (exact) mass is 276 g/mol. The Hall–Kier alpha value is -1.62. The zero-order valence-corrected chi connectivity index (χ0v) is 12.6. The lowest BCUT2D eigenvalue weighted by molar-refractivity contribution is 0.1000. The summed E-state index contributed by atoms with van der Waals surface area (Å²) in [7, 11) is 2.00. The smallest absolute Gasteiger partial charge is 0.252 e. The molecule has 1 aliphatic rings. The minimum atomic E-state index is -0.401. The molecule has 110 valence electrons. The van der Waals surface area contributed by atoms with Crippen LogP contribution in [0.25, 0.3) is 0 Å². The Balaban J connectivity index is 2.23. The summed E-state index contributed by atoms with van der Waals surface area (Å²) in [4.78, 5) is 18.3. The first-order valence-electron chi connectivity index (χ1n) is 7.19. The van der Waals surface area contributed by atoms with Gasteiger partial charge in [-0.25, -0.2) is 4.98 Å². The maximum absolute atomic E-state index is 11.7. The third-order valence-electron chi connectivity index (χ3n) is 3.92. The SMILES string of the molecule is Cc1cc(C)c(C(N)=O)c(N(C)CC2CCNCC2)n1. The lowest BCUT2D eigenvalue weighted by Crippen LogP contribution is -2.35. The third-order valence-corrected chi connectivity index (χ3v) is 3.92. The summed E-state index contributed by atoms with van der Waals surface area (Å²) in [5.41, 5.74) is 7.89. The second-order valence-corrected chi connectivity index (χ2v) is 5.72. The molecule has 0 aromatic carbocycles. The summed E-state index contributed by atoms with van der Waals surface area (Å²) in [6.07, 6.45) is 2.34. The van der Waals surface area contributed by atoms with Gasteiger partial charge >= 0.3 is 0 Å². The summed E-state index contributed by atoms with van der Waals surface area (Å²) in [6, 6.07) is 1.90. The third kappa shape index (κ3) is 3.28. The molecule has 0 aliphatic carbocycles. The number of aromatic nitrogens is 1. The molecule has 0 radical (unpaired) electrons. The number of amides is 1. The van der Waals surface area contributed by atoms with Gasteiger partial charge in [0.05, 0.1) is 5.56 Å². The highest BCUT2D eigenvalue weighted by Gasteiger charge is 2.21. The summed E-state index contributed by atoms with van der Waals surface area (Å²) < 4.78 is 0. The van der Waals surface area contributed by atoms with E-state index in [0.29, 0.717) is 17.3 Å². The average Bonchev–Trinajstić information content (AvgIpc) is 2.38. The van der Waals surface area contributed by atoms with Crippen LogP contribution in [0.3, 0.4) is 0 Å². The van der Waals surface area contributed by atoms with Crippen LogP contribution in [0.5, 0.6) is 0 Å². The Morgan fingerprint density at radius 3 is 2.70 bits per heavy atom. The Morgan fingerprint density at radius 2 is 2.10 bits per heavy atom. The van der Waals surface area contributed by atoms with E-state index < -0.39 is 5.91 Å². The number of carbonyl (C=O) groups is 1. The van der Waals surface area contributed by atoms with Gasteiger partial charge in [0, 0.05) is 19.3 Å². The van der Waals surface area contributed by atoms with Crippen molar-refractivity contribution < 1.29 is 4.79 Å². The number of rotatable bonds is 4. The van der Waals surface area contributed by atoms with E-state index >= 15 is 0 Å². The van der Waals surface area contributed by atoms with Crippen molar-refractivity contribution >= 4 is 11.7 Å². The Bertz CT molecular complexity index is 495. The van der Waals surface area contributed by atoms with Crippen molar-refractivity contribution in [2.45, 2.75) is 26.7 Å². The predicted molar refractivity (Wildman–Crippen MR) is 81.1 cm³/mol. The van der Waals surface area contributed by atoms with Gasteiger partial charge in [-0.15, -0.1) is 0 Å². The molecule has 5 nitrogen and oxygen atoms in total. The van der Waals surface area contributed by atoms with E-state index in [1.54, 1.807) is 0 Å². The number of carbonyl (C=O) groups excluding carboxylic acids is 1.